The molecular formula is C53H70N13O22P3. The molecule has 7 unspecified atom stereocenters. The first-order chi connectivity index (χ1) is 42.8. The normalized spacial score (nSPS) is 18.5. The van der Waals surface area contributed by atoms with E-state index < -0.39 is 103 Å². The van der Waals surface area contributed by atoms with Crippen LogP contribution in [-0.2, 0) is 55.4 Å². The molecule has 2 aliphatic heterocycles. The van der Waals surface area contributed by atoms with Crippen LogP contribution in [0.1, 0.15) is 130 Å². The van der Waals surface area contributed by atoms with E-state index in [1.54, 1.807) is 24.3 Å². The zero-order chi connectivity index (χ0) is 66.9. The molecule has 0 bridgehead atoms. The molecule has 1 saturated heterocycles. The highest BCUT2D eigenvalue weighted by Gasteiger charge is 2.44. The summed E-state index contributed by atoms with van der Waals surface area (Å²) >= 11 is 0. The number of carbonyl (C=O) groups excluding carboxylic acids is 4. The Bertz CT molecular complexity index is 3760. The number of azide groups is 2. The molecule has 35 nitrogen and oxygen atoms in total. The smallest absolute Gasteiger partial charge is 0.490 e. The molecule has 7 atom stereocenters. The van der Waals surface area contributed by atoms with Crippen molar-refractivity contribution in [2.45, 2.75) is 128 Å². The zero-order valence-corrected chi connectivity index (χ0v) is 52.9. The van der Waals surface area contributed by atoms with Gasteiger partial charge in [-0.05, 0) is 120 Å². The number of nitrogens with zero attached hydrogens (tertiary/aromatic N) is 9. The fourth-order valence-electron chi connectivity index (χ4n) is 9.66. The molecule has 2 aromatic carbocycles. The highest BCUT2D eigenvalue weighted by atomic mass is 31.3. The van der Waals surface area contributed by atoms with Gasteiger partial charge in [-0.2, -0.15) is 13.6 Å². The standard InChI is InChI=1S/C53H70N13O22P3/c1-32-26-53(5,6)66(20-12-16-46(68)86-52(2,3)4)39-24-40-35(22-37(32)39)23-38(50(71)85-40)49(70)59-18-9-7-8-17-58-48(69)33-13-10-15-36(21-33)80-30-44(62-64-56)81-29-43(67)57-19-11-14-34-27-65(51(72)61-47(34)54)45-25-41(82-31-60-63-55)42(84-45)28-83-90(76,77)88-91(78,79)87-89(73,74)75/h10,13,15,21-24,27,32,41-42,44-45H,7-9,12,16-20,25-26,28-31H2,1-6H3,(H,57,67)(H,58,69)(H,59,70)(H,76,77)(H,78,79)(H2,54,61,72)(H2,73,74,75). The fourth-order valence-corrected chi connectivity index (χ4v) is 12.7. The van der Waals surface area contributed by atoms with Gasteiger partial charge in [-0.3, -0.25) is 28.3 Å². The van der Waals surface area contributed by atoms with E-state index in [1.807, 2.05) is 32.9 Å². The molecule has 2 aromatic heterocycles. The number of nitrogens with one attached hydrogen (secondary N) is 3. The summed E-state index contributed by atoms with van der Waals surface area (Å²) in [6.45, 7) is 10.2. The lowest BCUT2D eigenvalue weighted by molar-refractivity contribution is -0.154. The van der Waals surface area contributed by atoms with Crippen molar-refractivity contribution < 1.29 is 93.7 Å². The molecule has 0 aliphatic carbocycles. The molecular weight excluding hydrogens is 1260 g/mol. The number of nitrogen functional groups attached to an aromatic ring is 1. The lowest BCUT2D eigenvalue weighted by atomic mass is 9.79. The van der Waals surface area contributed by atoms with Crippen molar-refractivity contribution in [3.8, 4) is 17.6 Å². The van der Waals surface area contributed by atoms with Crippen molar-refractivity contribution in [2.24, 2.45) is 10.2 Å². The first-order valence-corrected chi connectivity index (χ1v) is 32.5. The van der Waals surface area contributed by atoms with Crippen LogP contribution in [-0.4, -0.2) is 135 Å². The number of carbonyl (C=O) groups is 4. The first kappa shape index (κ1) is 72.3. The van der Waals surface area contributed by atoms with Crippen molar-refractivity contribution in [3.63, 3.8) is 0 Å². The SMILES string of the molecule is CC1CC(C)(C)N(CCCC(=O)OC(C)(C)C)c2cc3oc(=O)c(C(=O)NCCCCCNC(=O)c4cccc(OCC(N=[N+]=[N-])OCC(=O)NCC#Cc5cn(C6CC(OCN=[N+]=[N-])C(COP(=O)(O)OP(=O)(O)OP(=O)(O)O)O6)c(=O)nc5N)c4)cc3cc21. The number of rotatable bonds is 31. The average Bonchev–Trinajstić information content (AvgIpc) is 1.15. The van der Waals surface area contributed by atoms with Gasteiger partial charge in [0.2, 0.25) is 5.91 Å². The Morgan fingerprint density at radius 1 is 0.956 bits per heavy atom. The van der Waals surface area contributed by atoms with Crippen molar-refractivity contribution in [1.29, 1.82) is 0 Å². The Morgan fingerprint density at radius 3 is 2.37 bits per heavy atom. The van der Waals surface area contributed by atoms with E-state index >= 15 is 0 Å². The molecule has 0 radical (unpaired) electrons. The first-order valence-electron chi connectivity index (χ1n) is 28.0. The van der Waals surface area contributed by atoms with Gasteiger partial charge in [0, 0.05) is 76.7 Å². The monoisotopic (exact) mass is 1330 g/mol. The van der Waals surface area contributed by atoms with Crippen molar-refractivity contribution in [1.82, 2.24) is 25.5 Å². The predicted molar refractivity (Wildman–Crippen MR) is 321 cm³/mol. The highest BCUT2D eigenvalue weighted by Crippen LogP contribution is 2.66. The quantitative estimate of drug-likeness (QED) is 0.00421. The number of aromatic nitrogens is 2. The lowest BCUT2D eigenvalue weighted by Gasteiger charge is -2.47. The summed E-state index contributed by atoms with van der Waals surface area (Å²) in [4.78, 5) is 126. The van der Waals surface area contributed by atoms with Crippen LogP contribution in [0.3, 0.4) is 0 Å². The lowest BCUT2D eigenvalue weighted by Crippen LogP contribution is -2.49. The number of benzene rings is 2. The van der Waals surface area contributed by atoms with Gasteiger partial charge in [0.15, 0.2) is 6.23 Å². The van der Waals surface area contributed by atoms with Gasteiger partial charge in [0.1, 0.15) is 60.6 Å². The fraction of sp³-hybridized carbons (Fsp3) is 0.528. The maximum absolute atomic E-state index is 13.2. The number of amides is 3. The molecule has 6 rings (SSSR count). The molecule has 2 aliphatic rings. The number of phosphoric ester groups is 1. The number of esters is 1. The molecule has 494 valence electrons. The van der Waals surface area contributed by atoms with E-state index in [4.69, 9.17) is 54.7 Å². The minimum atomic E-state index is -5.86. The molecule has 0 spiro atoms. The van der Waals surface area contributed by atoms with Gasteiger partial charge in [-0.1, -0.05) is 35.1 Å². The van der Waals surface area contributed by atoms with Crippen LogP contribution in [0.25, 0.3) is 31.9 Å². The second kappa shape index (κ2) is 32.0. The Kier molecular flexibility index (Phi) is 25.5. The third-order valence-electron chi connectivity index (χ3n) is 13.5. The number of fused-ring (bicyclic) bond motifs is 2. The minimum absolute atomic E-state index is 0.0506. The zero-order valence-electron chi connectivity index (χ0n) is 50.2. The Hall–Kier alpha value is -7.72. The number of hydrogen-bond acceptors (Lipinski definition) is 23. The minimum Gasteiger partial charge on any atom is -0.491 e. The molecule has 38 heteroatoms. The summed E-state index contributed by atoms with van der Waals surface area (Å²) in [6, 6.07) is 11.5. The third kappa shape index (κ3) is 22.6. The number of nitrogens with two attached hydrogens (primary N) is 1. The van der Waals surface area contributed by atoms with E-state index in [9.17, 15) is 52.2 Å². The van der Waals surface area contributed by atoms with Crippen molar-refractivity contribution >= 4 is 69.6 Å². The Balaban J connectivity index is 0.916. The van der Waals surface area contributed by atoms with Gasteiger partial charge in [-0.25, -0.2) is 23.3 Å². The van der Waals surface area contributed by atoms with Gasteiger partial charge in [-0.15, -0.1) is 0 Å². The summed E-state index contributed by atoms with van der Waals surface area (Å²) < 4.78 is 81.6. The van der Waals surface area contributed by atoms with E-state index in [0.29, 0.717) is 49.7 Å². The summed E-state index contributed by atoms with van der Waals surface area (Å²) in [6.07, 6.45) is -0.886. The molecule has 3 amide bonds. The maximum Gasteiger partial charge on any atom is 0.490 e. The van der Waals surface area contributed by atoms with Gasteiger partial charge in [0.25, 0.3) is 11.8 Å². The van der Waals surface area contributed by atoms with Gasteiger partial charge in [0.05, 0.1) is 24.8 Å². The molecule has 4 aromatic rings. The molecule has 4 heterocycles. The van der Waals surface area contributed by atoms with E-state index in [0.717, 1.165) is 28.4 Å². The third-order valence-corrected chi connectivity index (χ3v) is 17.3. The Labute approximate surface area is 519 Å². The maximum atomic E-state index is 13.2. The largest absolute Gasteiger partial charge is 0.491 e. The summed E-state index contributed by atoms with van der Waals surface area (Å²) in [7, 11) is -17.1. The topological polar surface area (TPSA) is 502 Å². The Morgan fingerprint density at radius 2 is 1.68 bits per heavy atom. The number of ether oxygens (including phenoxy) is 5. The molecule has 91 heavy (non-hydrogen) atoms. The van der Waals surface area contributed by atoms with Crippen LogP contribution >= 0.6 is 23.5 Å². The highest BCUT2D eigenvalue weighted by molar-refractivity contribution is 7.66. The van der Waals surface area contributed by atoms with Gasteiger partial charge >= 0.3 is 40.8 Å². The predicted octanol–water partition coefficient (Wildman–Crippen LogP) is 5.96. The van der Waals surface area contributed by atoms with Crippen molar-refractivity contribution in [3.05, 3.63) is 113 Å². The number of hydrogen-bond donors (Lipinski definition) is 8. The number of anilines is 2. The average molecular weight is 1330 g/mol. The van der Waals surface area contributed by atoms with Crippen molar-refractivity contribution in [2.75, 3.05) is 63.4 Å². The number of unbranched alkanes of at least 4 members (excludes halogenated alkanes) is 2. The molecule has 0 saturated carbocycles. The van der Waals surface area contributed by atoms with Crippen LogP contribution in [0.5, 0.6) is 5.75 Å². The molecule has 1 fully saturated rings. The summed E-state index contributed by atoms with van der Waals surface area (Å²) in [5.41, 5.74) is 23.6. The van der Waals surface area contributed by atoms with Crippen LogP contribution in [0.15, 0.2) is 72.9 Å². The van der Waals surface area contributed by atoms with Crippen LogP contribution < -0.4 is 42.6 Å². The molecule has 9 N–H and O–H groups in total. The summed E-state index contributed by atoms with van der Waals surface area (Å²) in [5, 5.41) is 15.4. The van der Waals surface area contributed by atoms with Crippen LogP contribution in [0.2, 0.25) is 0 Å². The van der Waals surface area contributed by atoms with E-state index in [1.165, 1.54) is 6.07 Å². The van der Waals surface area contributed by atoms with Crippen LogP contribution in [0, 0.1) is 11.8 Å². The number of phosphoric acid groups is 3. The summed E-state index contributed by atoms with van der Waals surface area (Å²) in [5.74, 6) is 3.31. The van der Waals surface area contributed by atoms with Gasteiger partial charge < -0.3 is 74.3 Å². The second-order valence-corrected chi connectivity index (χ2v) is 26.6. The van der Waals surface area contributed by atoms with E-state index in [-0.39, 0.29) is 78.2 Å². The van der Waals surface area contributed by atoms with E-state index in [2.05, 4.69) is 91.6 Å². The second-order valence-electron chi connectivity index (χ2n) is 22.2. The van der Waals surface area contributed by atoms with Crippen LogP contribution in [0.4, 0.5) is 11.5 Å².